The van der Waals surface area contributed by atoms with E-state index in [0.717, 1.165) is 11.1 Å². The Morgan fingerprint density at radius 3 is 2.68 bits per heavy atom. The van der Waals surface area contributed by atoms with E-state index in [0.29, 0.717) is 5.69 Å². The van der Waals surface area contributed by atoms with Crippen LogP contribution in [0.15, 0.2) is 42.5 Å². The van der Waals surface area contributed by atoms with E-state index in [1.54, 1.807) is 18.2 Å². The van der Waals surface area contributed by atoms with E-state index in [2.05, 4.69) is 0 Å². The first-order valence-electron chi connectivity index (χ1n) is 5.85. The number of carbonyl (C=O) groups is 1. The Bertz CT molecular complexity index is 611. The molecule has 2 N–H and O–H groups in total. The van der Waals surface area contributed by atoms with Crippen LogP contribution in [0.4, 0.5) is 5.69 Å². The molecule has 2 aromatic carbocycles. The summed E-state index contributed by atoms with van der Waals surface area (Å²) < 4.78 is 5.25. The van der Waals surface area contributed by atoms with E-state index in [-0.39, 0.29) is 17.2 Å². The van der Waals surface area contributed by atoms with Crippen LogP contribution in [-0.4, -0.2) is 5.97 Å². The molecule has 0 unspecified atom stereocenters. The van der Waals surface area contributed by atoms with E-state index in [1.165, 1.54) is 0 Å². The molecule has 0 heterocycles. The molecule has 0 aliphatic carbocycles. The summed E-state index contributed by atoms with van der Waals surface area (Å²) in [4.78, 5) is 11.9. The van der Waals surface area contributed by atoms with E-state index in [4.69, 9.17) is 22.1 Å². The number of halogens is 1. The largest absolute Gasteiger partial charge is 0.457 e. The molecule has 98 valence electrons. The van der Waals surface area contributed by atoms with Crippen LogP contribution in [0.2, 0.25) is 5.02 Å². The first-order valence-corrected chi connectivity index (χ1v) is 6.23. The lowest BCUT2D eigenvalue weighted by molar-refractivity contribution is 0.0472. The second-order valence-corrected chi connectivity index (χ2v) is 4.59. The summed E-state index contributed by atoms with van der Waals surface area (Å²) in [5.74, 6) is -0.472. The second kappa shape index (κ2) is 5.76. The van der Waals surface area contributed by atoms with E-state index in [1.807, 2.05) is 31.2 Å². The number of rotatable bonds is 3. The summed E-state index contributed by atoms with van der Waals surface area (Å²) in [5, 5.41) is 0.234. The van der Waals surface area contributed by atoms with Crippen LogP contribution in [0.1, 0.15) is 21.5 Å². The van der Waals surface area contributed by atoms with Crippen molar-refractivity contribution in [3.8, 4) is 0 Å². The molecule has 0 amide bonds. The zero-order chi connectivity index (χ0) is 13.8. The van der Waals surface area contributed by atoms with E-state index >= 15 is 0 Å². The highest BCUT2D eigenvalue weighted by molar-refractivity contribution is 6.36. The van der Waals surface area contributed by atoms with Crippen LogP contribution in [0.5, 0.6) is 0 Å². The average molecular weight is 276 g/mol. The van der Waals surface area contributed by atoms with Gasteiger partial charge < -0.3 is 10.5 Å². The van der Waals surface area contributed by atoms with Crippen LogP contribution in [0.25, 0.3) is 0 Å². The number of nitrogens with two attached hydrogens (primary N) is 1. The minimum absolute atomic E-state index is 0.219. The molecule has 0 saturated carbocycles. The van der Waals surface area contributed by atoms with Gasteiger partial charge in [0.1, 0.15) is 6.61 Å². The van der Waals surface area contributed by atoms with Gasteiger partial charge in [-0.25, -0.2) is 4.79 Å². The van der Waals surface area contributed by atoms with Crippen molar-refractivity contribution in [1.29, 1.82) is 0 Å². The normalized spacial score (nSPS) is 10.2. The lowest BCUT2D eigenvalue weighted by atomic mass is 10.1. The maximum atomic E-state index is 11.9. The fourth-order valence-electron chi connectivity index (χ4n) is 1.70. The predicted molar refractivity (Wildman–Crippen MR) is 76.2 cm³/mol. The number of ether oxygens (including phenoxy) is 1. The Kier molecular flexibility index (Phi) is 4.07. The molecule has 0 fully saturated rings. The maximum absolute atomic E-state index is 11.9. The molecular weight excluding hydrogens is 262 g/mol. The van der Waals surface area contributed by atoms with Gasteiger partial charge in [-0.05, 0) is 30.2 Å². The van der Waals surface area contributed by atoms with Crippen molar-refractivity contribution in [1.82, 2.24) is 0 Å². The summed E-state index contributed by atoms with van der Waals surface area (Å²) >= 11 is 5.98. The number of nitrogen functional groups attached to an aromatic ring is 1. The Labute approximate surface area is 117 Å². The third kappa shape index (κ3) is 3.06. The lowest BCUT2D eigenvalue weighted by Crippen LogP contribution is -2.07. The minimum atomic E-state index is -0.472. The van der Waals surface area contributed by atoms with Crippen LogP contribution in [0.3, 0.4) is 0 Å². The molecule has 0 atom stereocenters. The van der Waals surface area contributed by atoms with Crippen molar-refractivity contribution < 1.29 is 9.53 Å². The maximum Gasteiger partial charge on any atom is 0.340 e. The number of anilines is 1. The third-order valence-corrected chi connectivity index (χ3v) is 3.29. The van der Waals surface area contributed by atoms with Crippen molar-refractivity contribution in [3.05, 3.63) is 64.2 Å². The number of benzene rings is 2. The topological polar surface area (TPSA) is 52.3 Å². The van der Waals surface area contributed by atoms with Crippen LogP contribution in [-0.2, 0) is 11.3 Å². The summed E-state index contributed by atoms with van der Waals surface area (Å²) in [6.45, 7) is 2.19. The summed E-state index contributed by atoms with van der Waals surface area (Å²) in [7, 11) is 0. The van der Waals surface area contributed by atoms with Gasteiger partial charge in [-0.1, -0.05) is 41.9 Å². The Balaban J connectivity index is 2.10. The highest BCUT2D eigenvalue weighted by atomic mass is 35.5. The molecule has 4 heteroatoms. The number of aryl methyl sites for hydroxylation is 1. The number of hydrogen-bond donors (Lipinski definition) is 1. The molecule has 0 aliphatic heterocycles. The van der Waals surface area contributed by atoms with Gasteiger partial charge in [0.2, 0.25) is 0 Å². The van der Waals surface area contributed by atoms with E-state index in [9.17, 15) is 4.79 Å². The smallest absolute Gasteiger partial charge is 0.340 e. The van der Waals surface area contributed by atoms with Gasteiger partial charge in [-0.3, -0.25) is 0 Å². The molecule has 0 saturated heterocycles. The number of carbonyl (C=O) groups excluding carboxylic acids is 1. The van der Waals surface area contributed by atoms with Gasteiger partial charge >= 0.3 is 5.97 Å². The van der Waals surface area contributed by atoms with Crippen molar-refractivity contribution in [2.24, 2.45) is 0 Å². The molecule has 0 aliphatic rings. The molecule has 19 heavy (non-hydrogen) atoms. The van der Waals surface area contributed by atoms with Crippen molar-refractivity contribution in [2.45, 2.75) is 13.5 Å². The molecule has 2 rings (SSSR count). The summed E-state index contributed by atoms with van der Waals surface area (Å²) in [6, 6.07) is 12.6. The first kappa shape index (κ1) is 13.4. The quantitative estimate of drug-likeness (QED) is 0.688. The number of hydrogen-bond acceptors (Lipinski definition) is 3. The lowest BCUT2D eigenvalue weighted by Gasteiger charge is -2.09. The fourth-order valence-corrected chi connectivity index (χ4v) is 1.90. The van der Waals surface area contributed by atoms with Crippen LogP contribution >= 0.6 is 11.6 Å². The molecule has 0 bridgehead atoms. The van der Waals surface area contributed by atoms with Gasteiger partial charge in [-0.2, -0.15) is 0 Å². The van der Waals surface area contributed by atoms with E-state index < -0.39 is 5.97 Å². The highest BCUT2D eigenvalue weighted by Gasteiger charge is 2.13. The zero-order valence-electron chi connectivity index (χ0n) is 10.5. The van der Waals surface area contributed by atoms with Gasteiger partial charge in [0.15, 0.2) is 0 Å². The number of esters is 1. The van der Waals surface area contributed by atoms with Crippen molar-refractivity contribution >= 4 is 23.3 Å². The van der Waals surface area contributed by atoms with Crippen molar-refractivity contribution in [2.75, 3.05) is 5.73 Å². The van der Waals surface area contributed by atoms with Crippen LogP contribution in [0, 0.1) is 6.92 Å². The van der Waals surface area contributed by atoms with Gasteiger partial charge in [0, 0.05) is 0 Å². The summed E-state index contributed by atoms with van der Waals surface area (Å²) in [5.41, 5.74) is 8.35. The molecule has 0 radical (unpaired) electrons. The standard InChI is InChI=1S/C15H14ClNO2/c1-10-5-2-3-6-11(10)9-19-15(18)12-7-4-8-13(17)14(12)16/h2-8H,9,17H2,1H3. The minimum Gasteiger partial charge on any atom is -0.457 e. The molecular formula is C15H14ClNO2. The first-order chi connectivity index (χ1) is 9.09. The predicted octanol–water partition coefficient (Wildman–Crippen LogP) is 3.59. The van der Waals surface area contributed by atoms with Crippen LogP contribution < -0.4 is 5.73 Å². The fraction of sp³-hybridized carbons (Fsp3) is 0.133. The monoisotopic (exact) mass is 275 g/mol. The molecule has 3 nitrogen and oxygen atoms in total. The molecule has 0 spiro atoms. The third-order valence-electron chi connectivity index (χ3n) is 2.87. The highest BCUT2D eigenvalue weighted by Crippen LogP contribution is 2.24. The SMILES string of the molecule is Cc1ccccc1COC(=O)c1cccc(N)c1Cl. The zero-order valence-corrected chi connectivity index (χ0v) is 11.3. The Morgan fingerprint density at radius 2 is 1.95 bits per heavy atom. The average Bonchev–Trinajstić information content (AvgIpc) is 2.40. The van der Waals surface area contributed by atoms with Crippen molar-refractivity contribution in [3.63, 3.8) is 0 Å². The second-order valence-electron chi connectivity index (χ2n) is 4.21. The molecule has 2 aromatic rings. The van der Waals surface area contributed by atoms with Gasteiger partial charge in [-0.15, -0.1) is 0 Å². The Morgan fingerprint density at radius 1 is 1.21 bits per heavy atom. The van der Waals surface area contributed by atoms with Gasteiger partial charge in [0.05, 0.1) is 16.3 Å². The summed E-state index contributed by atoms with van der Waals surface area (Å²) in [6.07, 6.45) is 0. The van der Waals surface area contributed by atoms with Gasteiger partial charge in [0.25, 0.3) is 0 Å². The molecule has 0 aromatic heterocycles. The Hall–Kier alpha value is -2.00.